The molecule has 0 aromatic heterocycles. The lowest BCUT2D eigenvalue weighted by molar-refractivity contribution is 0.0483. The molecule has 2 nitrogen and oxygen atoms in total. The number of rotatable bonds is 3. The Balaban J connectivity index is 1.80. The summed E-state index contributed by atoms with van der Waals surface area (Å²) in [6.07, 6.45) is 1.43. The zero-order chi connectivity index (χ0) is 10.7. The van der Waals surface area contributed by atoms with Crippen molar-refractivity contribution in [2.45, 2.75) is 19.1 Å². The third-order valence-electron chi connectivity index (χ3n) is 2.75. The molecule has 1 aromatic rings. The highest BCUT2D eigenvalue weighted by Gasteiger charge is 2.19. The molecule has 0 bridgehead atoms. The predicted octanol–water partition coefficient (Wildman–Crippen LogP) is 2.05. The van der Waals surface area contributed by atoms with Crippen molar-refractivity contribution in [3.05, 3.63) is 35.6 Å². The van der Waals surface area contributed by atoms with Crippen LogP contribution in [0.5, 0.6) is 0 Å². The number of nitrogens with zero attached hydrogens (tertiary/aromatic N) is 1. The summed E-state index contributed by atoms with van der Waals surface area (Å²) in [5, 5.41) is 0. The smallest absolute Gasteiger partial charge is 0.123 e. The van der Waals surface area contributed by atoms with E-state index in [-0.39, 0.29) is 5.82 Å². The average Bonchev–Trinajstić information content (AvgIpc) is 2.64. The van der Waals surface area contributed by atoms with Crippen molar-refractivity contribution in [2.24, 2.45) is 0 Å². The zero-order valence-corrected chi connectivity index (χ0v) is 8.95. The van der Waals surface area contributed by atoms with Crippen molar-refractivity contribution in [1.82, 2.24) is 4.90 Å². The van der Waals surface area contributed by atoms with Gasteiger partial charge in [-0.3, -0.25) is 0 Å². The van der Waals surface area contributed by atoms with Crippen molar-refractivity contribution >= 4 is 0 Å². The Bertz CT molecular complexity index is 312. The lowest BCUT2D eigenvalue weighted by Gasteiger charge is -2.11. The molecule has 1 fully saturated rings. The fourth-order valence-electron chi connectivity index (χ4n) is 1.83. The summed E-state index contributed by atoms with van der Waals surface area (Å²) in [4.78, 5) is 2.26. The van der Waals surface area contributed by atoms with Crippen LogP contribution in [-0.2, 0) is 11.3 Å². The SMILES string of the molecule is CN1CCC(OCc2ccc(F)cc2)C1. The standard InChI is InChI=1S/C12H16FNO/c1-14-7-6-12(8-14)15-9-10-2-4-11(13)5-3-10/h2-5,12H,6-9H2,1H3. The van der Waals surface area contributed by atoms with Crippen molar-refractivity contribution in [3.63, 3.8) is 0 Å². The van der Waals surface area contributed by atoms with E-state index in [0.717, 1.165) is 25.1 Å². The number of likely N-dealkylation sites (N-methyl/N-ethyl adjacent to an activating group) is 1. The summed E-state index contributed by atoms with van der Waals surface area (Å²) < 4.78 is 18.4. The Labute approximate surface area is 89.7 Å². The van der Waals surface area contributed by atoms with Gasteiger partial charge in [0, 0.05) is 13.1 Å². The van der Waals surface area contributed by atoms with Gasteiger partial charge in [-0.05, 0) is 31.2 Å². The first kappa shape index (κ1) is 10.6. The molecule has 15 heavy (non-hydrogen) atoms. The van der Waals surface area contributed by atoms with Crippen molar-refractivity contribution in [3.8, 4) is 0 Å². The van der Waals surface area contributed by atoms with Crippen LogP contribution in [0.3, 0.4) is 0 Å². The fourth-order valence-corrected chi connectivity index (χ4v) is 1.83. The number of likely N-dealkylation sites (tertiary alicyclic amines) is 1. The molecule has 1 aromatic carbocycles. The Morgan fingerprint density at radius 1 is 1.40 bits per heavy atom. The van der Waals surface area contributed by atoms with Crippen LogP contribution in [-0.4, -0.2) is 31.1 Å². The number of hydrogen-bond acceptors (Lipinski definition) is 2. The first-order valence-electron chi connectivity index (χ1n) is 5.28. The first-order chi connectivity index (χ1) is 7.24. The van der Waals surface area contributed by atoms with Gasteiger partial charge in [0.25, 0.3) is 0 Å². The van der Waals surface area contributed by atoms with Gasteiger partial charge in [0.2, 0.25) is 0 Å². The quantitative estimate of drug-likeness (QED) is 0.755. The third-order valence-corrected chi connectivity index (χ3v) is 2.75. The lowest BCUT2D eigenvalue weighted by Crippen LogP contribution is -2.18. The predicted molar refractivity (Wildman–Crippen MR) is 57.1 cm³/mol. The zero-order valence-electron chi connectivity index (χ0n) is 8.95. The summed E-state index contributed by atoms with van der Waals surface area (Å²) in [5.41, 5.74) is 1.03. The maximum atomic E-state index is 12.6. The lowest BCUT2D eigenvalue weighted by atomic mass is 10.2. The highest BCUT2D eigenvalue weighted by Crippen LogP contribution is 2.13. The van der Waals surface area contributed by atoms with Crippen LogP contribution in [0.25, 0.3) is 0 Å². The summed E-state index contributed by atoms with van der Waals surface area (Å²) in [6.45, 7) is 2.69. The molecule has 0 saturated carbocycles. The van der Waals surface area contributed by atoms with Crippen LogP contribution in [0.1, 0.15) is 12.0 Å². The number of hydrogen-bond donors (Lipinski definition) is 0. The molecule has 82 valence electrons. The molecule has 1 atom stereocenters. The highest BCUT2D eigenvalue weighted by molar-refractivity contribution is 5.15. The maximum Gasteiger partial charge on any atom is 0.123 e. The normalized spacial score (nSPS) is 22.1. The molecule has 1 heterocycles. The molecule has 0 aliphatic carbocycles. The molecule has 0 N–H and O–H groups in total. The van der Waals surface area contributed by atoms with Crippen LogP contribution in [0.2, 0.25) is 0 Å². The van der Waals surface area contributed by atoms with Crippen LogP contribution < -0.4 is 0 Å². The van der Waals surface area contributed by atoms with E-state index in [1.807, 2.05) is 0 Å². The molecule has 1 unspecified atom stereocenters. The van der Waals surface area contributed by atoms with Crippen LogP contribution in [0.4, 0.5) is 4.39 Å². The van der Waals surface area contributed by atoms with Crippen LogP contribution in [0.15, 0.2) is 24.3 Å². The van der Waals surface area contributed by atoms with Gasteiger partial charge in [0.1, 0.15) is 5.82 Å². The minimum atomic E-state index is -0.195. The van der Waals surface area contributed by atoms with Crippen molar-refractivity contribution < 1.29 is 9.13 Å². The van der Waals surface area contributed by atoms with Crippen LogP contribution >= 0.6 is 0 Å². The van der Waals surface area contributed by atoms with Gasteiger partial charge in [-0.2, -0.15) is 0 Å². The van der Waals surface area contributed by atoms with Gasteiger partial charge in [0.05, 0.1) is 12.7 Å². The van der Waals surface area contributed by atoms with E-state index in [2.05, 4.69) is 11.9 Å². The second kappa shape index (κ2) is 4.73. The summed E-state index contributed by atoms with van der Waals surface area (Å²) in [5.74, 6) is -0.195. The average molecular weight is 209 g/mol. The highest BCUT2D eigenvalue weighted by atomic mass is 19.1. The van der Waals surface area contributed by atoms with E-state index in [1.165, 1.54) is 12.1 Å². The molecule has 3 heteroatoms. The summed E-state index contributed by atoms with van der Waals surface area (Å²) in [6, 6.07) is 6.49. The second-order valence-electron chi connectivity index (χ2n) is 4.11. The molecule has 0 radical (unpaired) electrons. The first-order valence-corrected chi connectivity index (χ1v) is 5.28. The van der Waals surface area contributed by atoms with E-state index in [4.69, 9.17) is 4.74 Å². The molecule has 2 rings (SSSR count). The van der Waals surface area contributed by atoms with E-state index >= 15 is 0 Å². The van der Waals surface area contributed by atoms with Crippen LogP contribution in [0, 0.1) is 5.82 Å². The largest absolute Gasteiger partial charge is 0.372 e. The van der Waals surface area contributed by atoms with E-state index in [0.29, 0.717) is 12.7 Å². The van der Waals surface area contributed by atoms with E-state index < -0.39 is 0 Å². The topological polar surface area (TPSA) is 12.5 Å². The molecular weight excluding hydrogens is 193 g/mol. The number of halogens is 1. The Morgan fingerprint density at radius 3 is 2.73 bits per heavy atom. The molecule has 1 aliphatic rings. The Kier molecular flexibility index (Phi) is 3.34. The Morgan fingerprint density at radius 2 is 2.13 bits per heavy atom. The number of ether oxygens (including phenoxy) is 1. The van der Waals surface area contributed by atoms with Crippen molar-refractivity contribution in [2.75, 3.05) is 20.1 Å². The van der Waals surface area contributed by atoms with Gasteiger partial charge in [-0.25, -0.2) is 4.39 Å². The summed E-state index contributed by atoms with van der Waals surface area (Å²) >= 11 is 0. The monoisotopic (exact) mass is 209 g/mol. The number of benzene rings is 1. The maximum absolute atomic E-state index is 12.6. The minimum absolute atomic E-state index is 0.195. The molecule has 1 aliphatic heterocycles. The van der Waals surface area contributed by atoms with Crippen molar-refractivity contribution in [1.29, 1.82) is 0 Å². The molecule has 0 spiro atoms. The Hall–Kier alpha value is -0.930. The van der Waals surface area contributed by atoms with Gasteiger partial charge < -0.3 is 9.64 Å². The molecular formula is C12H16FNO. The van der Waals surface area contributed by atoms with Gasteiger partial charge in [0.15, 0.2) is 0 Å². The summed E-state index contributed by atoms with van der Waals surface area (Å²) in [7, 11) is 2.10. The van der Waals surface area contributed by atoms with E-state index in [9.17, 15) is 4.39 Å². The van der Waals surface area contributed by atoms with Gasteiger partial charge in [-0.1, -0.05) is 12.1 Å². The second-order valence-corrected chi connectivity index (χ2v) is 4.11. The molecule has 1 saturated heterocycles. The fraction of sp³-hybridized carbons (Fsp3) is 0.500. The van der Waals surface area contributed by atoms with E-state index in [1.54, 1.807) is 12.1 Å². The third kappa shape index (κ3) is 3.01. The van der Waals surface area contributed by atoms with Gasteiger partial charge >= 0.3 is 0 Å². The van der Waals surface area contributed by atoms with Gasteiger partial charge in [-0.15, -0.1) is 0 Å². The minimum Gasteiger partial charge on any atom is -0.372 e. The molecule has 0 amide bonds.